The number of hydrogen-bond acceptors (Lipinski definition) is 6. The molecule has 0 radical (unpaired) electrons. The first-order chi connectivity index (χ1) is 11.2. The first-order valence-corrected chi connectivity index (χ1v) is 7.66. The summed E-state index contributed by atoms with van der Waals surface area (Å²) < 4.78 is 31.4. The number of halogens is 1. The minimum Gasteiger partial charge on any atom is -0.402 e. The SMILES string of the molecule is Cc1ccnc(Oc2ncc(B3OC(C)(C)C(C)(C)O3)cc2F)n1. The zero-order valence-corrected chi connectivity index (χ0v) is 14.3. The molecular formula is C16H19BFN3O3. The zero-order chi connectivity index (χ0) is 17.5. The van der Waals surface area contributed by atoms with E-state index in [1.165, 1.54) is 18.5 Å². The van der Waals surface area contributed by atoms with E-state index in [2.05, 4.69) is 15.0 Å². The predicted molar refractivity (Wildman–Crippen MR) is 86.8 cm³/mol. The summed E-state index contributed by atoms with van der Waals surface area (Å²) in [5.41, 5.74) is 0.204. The minimum absolute atomic E-state index is 0.0461. The lowest BCUT2D eigenvalue weighted by molar-refractivity contribution is 0.00578. The van der Waals surface area contributed by atoms with Crippen LogP contribution in [-0.4, -0.2) is 33.3 Å². The Kier molecular flexibility index (Phi) is 4.05. The van der Waals surface area contributed by atoms with Crippen molar-refractivity contribution in [3.8, 4) is 11.9 Å². The fraction of sp³-hybridized carbons (Fsp3) is 0.438. The van der Waals surface area contributed by atoms with Gasteiger partial charge in [-0.15, -0.1) is 0 Å². The molecule has 1 saturated heterocycles. The average Bonchev–Trinajstić information content (AvgIpc) is 2.70. The van der Waals surface area contributed by atoms with Crippen LogP contribution in [0.15, 0.2) is 24.5 Å². The highest BCUT2D eigenvalue weighted by molar-refractivity contribution is 6.62. The van der Waals surface area contributed by atoms with Crippen molar-refractivity contribution in [2.24, 2.45) is 0 Å². The summed E-state index contributed by atoms with van der Waals surface area (Å²) in [7, 11) is -0.679. The smallest absolute Gasteiger partial charge is 0.402 e. The van der Waals surface area contributed by atoms with Crippen LogP contribution in [0.4, 0.5) is 4.39 Å². The van der Waals surface area contributed by atoms with Crippen molar-refractivity contribution in [1.29, 1.82) is 0 Å². The van der Waals surface area contributed by atoms with Crippen LogP contribution in [0.5, 0.6) is 11.9 Å². The summed E-state index contributed by atoms with van der Waals surface area (Å²) in [6.45, 7) is 9.53. The molecule has 0 aliphatic carbocycles. The van der Waals surface area contributed by atoms with Crippen molar-refractivity contribution in [2.75, 3.05) is 0 Å². The Morgan fingerprint density at radius 3 is 2.38 bits per heavy atom. The van der Waals surface area contributed by atoms with E-state index in [0.29, 0.717) is 11.2 Å². The molecule has 6 nitrogen and oxygen atoms in total. The molecule has 0 N–H and O–H groups in total. The molecule has 0 aromatic carbocycles. The second-order valence-corrected chi connectivity index (χ2v) is 6.73. The Hall–Kier alpha value is -2.06. The van der Waals surface area contributed by atoms with Crippen molar-refractivity contribution in [2.45, 2.75) is 45.8 Å². The zero-order valence-electron chi connectivity index (χ0n) is 14.3. The maximum absolute atomic E-state index is 14.3. The van der Waals surface area contributed by atoms with Crippen LogP contribution >= 0.6 is 0 Å². The molecule has 126 valence electrons. The lowest BCUT2D eigenvalue weighted by Gasteiger charge is -2.32. The Labute approximate surface area is 140 Å². The van der Waals surface area contributed by atoms with Gasteiger partial charge >= 0.3 is 13.1 Å². The van der Waals surface area contributed by atoms with Gasteiger partial charge in [0.15, 0.2) is 5.82 Å². The largest absolute Gasteiger partial charge is 0.496 e. The van der Waals surface area contributed by atoms with Gasteiger partial charge in [0, 0.05) is 23.6 Å². The minimum atomic E-state index is -0.679. The summed E-state index contributed by atoms with van der Waals surface area (Å²) in [5, 5.41) is 0. The quantitative estimate of drug-likeness (QED) is 0.805. The van der Waals surface area contributed by atoms with Gasteiger partial charge in [-0.25, -0.2) is 19.3 Å². The van der Waals surface area contributed by atoms with Gasteiger partial charge < -0.3 is 14.0 Å². The van der Waals surface area contributed by atoms with Crippen molar-refractivity contribution in [1.82, 2.24) is 15.0 Å². The standard InChI is InChI=1S/C16H19BFN3O3/c1-10-6-7-19-14(21-10)22-13-12(18)8-11(9-20-13)17-23-15(2,3)16(4,5)24-17/h6-9H,1-5H3. The number of ether oxygens (including phenoxy) is 1. The molecule has 3 heterocycles. The summed E-state index contributed by atoms with van der Waals surface area (Å²) in [6.07, 6.45) is 3.00. The topological polar surface area (TPSA) is 66.4 Å². The van der Waals surface area contributed by atoms with Crippen molar-refractivity contribution in [3.63, 3.8) is 0 Å². The molecule has 2 aromatic rings. The molecule has 0 spiro atoms. The van der Waals surface area contributed by atoms with Crippen molar-refractivity contribution < 1.29 is 18.4 Å². The third-order valence-corrected chi connectivity index (χ3v) is 4.31. The molecule has 1 fully saturated rings. The van der Waals surface area contributed by atoms with Crippen LogP contribution in [0.1, 0.15) is 33.4 Å². The van der Waals surface area contributed by atoms with Crippen LogP contribution in [0.2, 0.25) is 0 Å². The second kappa shape index (κ2) is 5.79. The molecule has 1 aliphatic heterocycles. The summed E-state index contributed by atoms with van der Waals surface area (Å²) in [5.74, 6) is -0.826. The van der Waals surface area contributed by atoms with Gasteiger partial charge in [0.25, 0.3) is 5.88 Å². The van der Waals surface area contributed by atoms with E-state index in [1.807, 2.05) is 27.7 Å². The van der Waals surface area contributed by atoms with E-state index in [9.17, 15) is 4.39 Å². The normalized spacial score (nSPS) is 18.7. The van der Waals surface area contributed by atoms with Gasteiger partial charge in [-0.2, -0.15) is 0 Å². The van der Waals surface area contributed by atoms with E-state index in [0.717, 1.165) is 0 Å². The summed E-state index contributed by atoms with van der Waals surface area (Å²) in [4.78, 5) is 12.0. The van der Waals surface area contributed by atoms with Crippen LogP contribution < -0.4 is 10.2 Å². The highest BCUT2D eigenvalue weighted by Crippen LogP contribution is 2.36. The van der Waals surface area contributed by atoms with E-state index in [4.69, 9.17) is 14.0 Å². The third-order valence-electron chi connectivity index (χ3n) is 4.31. The van der Waals surface area contributed by atoms with Crippen molar-refractivity contribution in [3.05, 3.63) is 36.0 Å². The van der Waals surface area contributed by atoms with Gasteiger partial charge in [0.05, 0.1) is 11.2 Å². The monoisotopic (exact) mass is 331 g/mol. The van der Waals surface area contributed by atoms with E-state index >= 15 is 0 Å². The maximum atomic E-state index is 14.3. The Morgan fingerprint density at radius 1 is 1.12 bits per heavy atom. The van der Waals surface area contributed by atoms with Crippen LogP contribution in [0.25, 0.3) is 0 Å². The van der Waals surface area contributed by atoms with E-state index in [-0.39, 0.29) is 11.9 Å². The number of pyridine rings is 1. The average molecular weight is 331 g/mol. The first kappa shape index (κ1) is 16.8. The molecule has 0 unspecified atom stereocenters. The first-order valence-electron chi connectivity index (χ1n) is 7.66. The lowest BCUT2D eigenvalue weighted by atomic mass is 9.80. The molecule has 2 aromatic heterocycles. The highest BCUT2D eigenvalue weighted by atomic mass is 19.1. The molecule has 0 amide bonds. The lowest BCUT2D eigenvalue weighted by Crippen LogP contribution is -2.41. The Bertz CT molecular complexity index is 754. The molecule has 0 bridgehead atoms. The van der Waals surface area contributed by atoms with Gasteiger partial charge in [-0.1, -0.05) is 0 Å². The molecule has 3 rings (SSSR count). The van der Waals surface area contributed by atoms with E-state index in [1.54, 1.807) is 13.0 Å². The predicted octanol–water partition coefficient (Wildman–Crippen LogP) is 2.41. The molecule has 1 aliphatic rings. The summed E-state index contributed by atoms with van der Waals surface area (Å²) >= 11 is 0. The molecular weight excluding hydrogens is 312 g/mol. The summed E-state index contributed by atoms with van der Waals surface area (Å²) in [6, 6.07) is 3.06. The fourth-order valence-electron chi connectivity index (χ4n) is 2.18. The fourth-order valence-corrected chi connectivity index (χ4v) is 2.18. The van der Waals surface area contributed by atoms with Gasteiger partial charge in [-0.05, 0) is 46.8 Å². The van der Waals surface area contributed by atoms with Crippen LogP contribution in [0.3, 0.4) is 0 Å². The van der Waals surface area contributed by atoms with Crippen LogP contribution in [0, 0.1) is 12.7 Å². The Balaban J connectivity index is 1.81. The highest BCUT2D eigenvalue weighted by Gasteiger charge is 2.52. The molecule has 0 atom stereocenters. The number of aromatic nitrogens is 3. The molecule has 0 saturated carbocycles. The number of nitrogens with zero attached hydrogens (tertiary/aromatic N) is 3. The van der Waals surface area contributed by atoms with Gasteiger partial charge in [0.2, 0.25) is 0 Å². The molecule has 24 heavy (non-hydrogen) atoms. The van der Waals surface area contributed by atoms with Crippen LogP contribution in [-0.2, 0) is 9.31 Å². The second-order valence-electron chi connectivity index (χ2n) is 6.73. The van der Waals surface area contributed by atoms with Crippen molar-refractivity contribution >= 4 is 12.6 Å². The number of rotatable bonds is 3. The third kappa shape index (κ3) is 3.11. The number of aryl methyl sites for hydroxylation is 1. The van der Waals surface area contributed by atoms with Gasteiger partial charge in [0.1, 0.15) is 0 Å². The maximum Gasteiger partial charge on any atom is 0.496 e. The molecule has 8 heteroatoms. The van der Waals surface area contributed by atoms with Gasteiger partial charge in [-0.3, -0.25) is 0 Å². The van der Waals surface area contributed by atoms with E-state index < -0.39 is 24.1 Å². The number of hydrogen-bond donors (Lipinski definition) is 0. The Morgan fingerprint density at radius 2 is 1.79 bits per heavy atom.